The molecule has 2 unspecified atom stereocenters. The van der Waals surface area contributed by atoms with Gasteiger partial charge >= 0.3 is 0 Å². The van der Waals surface area contributed by atoms with Crippen molar-refractivity contribution < 1.29 is 0 Å². The van der Waals surface area contributed by atoms with Gasteiger partial charge in [-0.15, -0.1) is 11.6 Å². The van der Waals surface area contributed by atoms with Crippen LogP contribution in [-0.2, 0) is 6.42 Å². The molecular weight excluding hydrogens is 251 g/mol. The molecular formula is C15H22Cl2. The minimum absolute atomic E-state index is 0.227. The number of rotatable bonds is 7. The van der Waals surface area contributed by atoms with Gasteiger partial charge in [-0.3, -0.25) is 0 Å². The first-order chi connectivity index (χ1) is 8.17. The summed E-state index contributed by atoms with van der Waals surface area (Å²) >= 11 is 12.5. The van der Waals surface area contributed by atoms with Crippen molar-refractivity contribution in [3.05, 3.63) is 34.9 Å². The Morgan fingerprint density at radius 1 is 1.24 bits per heavy atom. The Labute approximate surface area is 115 Å². The molecule has 0 saturated carbocycles. The Bertz CT molecular complexity index is 322. The topological polar surface area (TPSA) is 0 Å². The van der Waals surface area contributed by atoms with Gasteiger partial charge in [-0.2, -0.15) is 0 Å². The molecule has 0 radical (unpaired) electrons. The van der Waals surface area contributed by atoms with Crippen LogP contribution in [0.5, 0.6) is 0 Å². The fraction of sp³-hybridized carbons (Fsp3) is 0.600. The first-order valence-corrected chi connectivity index (χ1v) is 7.37. The highest BCUT2D eigenvalue weighted by molar-refractivity contribution is 6.30. The summed E-state index contributed by atoms with van der Waals surface area (Å²) in [4.78, 5) is 0. The van der Waals surface area contributed by atoms with Crippen molar-refractivity contribution in [1.82, 2.24) is 0 Å². The number of benzene rings is 1. The summed E-state index contributed by atoms with van der Waals surface area (Å²) in [5.74, 6) is 0.621. The third-order valence-corrected chi connectivity index (χ3v) is 4.03. The van der Waals surface area contributed by atoms with Crippen molar-refractivity contribution in [3.8, 4) is 0 Å². The second kappa shape index (κ2) is 8.00. The molecule has 1 aromatic carbocycles. The Hall–Kier alpha value is -0.200. The summed E-state index contributed by atoms with van der Waals surface area (Å²) < 4.78 is 0. The lowest BCUT2D eigenvalue weighted by atomic mass is 9.92. The summed E-state index contributed by atoms with van der Waals surface area (Å²) in [6.45, 7) is 4.46. The molecule has 0 aliphatic rings. The van der Waals surface area contributed by atoms with Gasteiger partial charge in [0.25, 0.3) is 0 Å². The maximum absolute atomic E-state index is 6.53. The fourth-order valence-electron chi connectivity index (χ4n) is 2.16. The summed E-state index contributed by atoms with van der Waals surface area (Å²) in [6.07, 6.45) is 5.84. The van der Waals surface area contributed by atoms with Crippen molar-refractivity contribution >= 4 is 23.2 Å². The van der Waals surface area contributed by atoms with Gasteiger partial charge in [-0.05, 0) is 36.5 Å². The molecule has 0 bridgehead atoms. The predicted octanol–water partition coefficient (Wildman–Crippen LogP) is 5.71. The number of halogens is 2. The maximum Gasteiger partial charge on any atom is 0.0408 e. The van der Waals surface area contributed by atoms with Crippen LogP contribution in [0.25, 0.3) is 0 Å². The lowest BCUT2D eigenvalue weighted by Gasteiger charge is -2.20. The van der Waals surface area contributed by atoms with Crippen molar-refractivity contribution in [1.29, 1.82) is 0 Å². The molecule has 0 aliphatic heterocycles. The van der Waals surface area contributed by atoms with E-state index in [1.54, 1.807) is 0 Å². The quantitative estimate of drug-likeness (QED) is 0.558. The molecule has 96 valence electrons. The first-order valence-electron chi connectivity index (χ1n) is 6.55. The van der Waals surface area contributed by atoms with Gasteiger partial charge in [0.1, 0.15) is 0 Å². The predicted molar refractivity (Wildman–Crippen MR) is 78.1 cm³/mol. The molecule has 2 heteroatoms. The third-order valence-electron chi connectivity index (χ3n) is 3.28. The Morgan fingerprint density at radius 2 is 2.00 bits per heavy atom. The van der Waals surface area contributed by atoms with Crippen LogP contribution >= 0.6 is 23.2 Å². The van der Waals surface area contributed by atoms with E-state index in [1.807, 2.05) is 18.2 Å². The van der Waals surface area contributed by atoms with Crippen LogP contribution in [-0.4, -0.2) is 5.38 Å². The molecule has 0 aliphatic carbocycles. The second-order valence-electron chi connectivity index (χ2n) is 4.66. The molecule has 0 spiro atoms. The summed E-state index contributed by atoms with van der Waals surface area (Å²) in [5.41, 5.74) is 1.24. The lowest BCUT2D eigenvalue weighted by Crippen LogP contribution is -2.17. The maximum atomic E-state index is 6.53. The lowest BCUT2D eigenvalue weighted by molar-refractivity contribution is 0.428. The van der Waals surface area contributed by atoms with Gasteiger partial charge in [0.05, 0.1) is 0 Å². The minimum Gasteiger partial charge on any atom is -0.122 e. The zero-order chi connectivity index (χ0) is 12.7. The van der Waals surface area contributed by atoms with E-state index in [0.717, 1.165) is 17.9 Å². The molecule has 2 atom stereocenters. The highest BCUT2D eigenvalue weighted by Crippen LogP contribution is 2.25. The largest absolute Gasteiger partial charge is 0.122 e. The molecule has 1 rings (SSSR count). The number of alkyl halides is 1. The van der Waals surface area contributed by atoms with Crippen molar-refractivity contribution in [3.63, 3.8) is 0 Å². The monoisotopic (exact) mass is 272 g/mol. The molecule has 17 heavy (non-hydrogen) atoms. The highest BCUT2D eigenvalue weighted by atomic mass is 35.5. The van der Waals surface area contributed by atoms with Crippen LogP contribution in [0.2, 0.25) is 5.02 Å². The van der Waals surface area contributed by atoms with Crippen molar-refractivity contribution in [2.24, 2.45) is 5.92 Å². The molecule has 0 nitrogen and oxygen atoms in total. The third kappa shape index (κ3) is 5.31. The van der Waals surface area contributed by atoms with Crippen LogP contribution in [0, 0.1) is 5.92 Å². The van der Waals surface area contributed by atoms with E-state index in [4.69, 9.17) is 23.2 Å². The van der Waals surface area contributed by atoms with Crippen LogP contribution in [0.1, 0.15) is 45.1 Å². The smallest absolute Gasteiger partial charge is 0.0408 e. The van der Waals surface area contributed by atoms with Crippen LogP contribution in [0.15, 0.2) is 24.3 Å². The summed E-state index contributed by atoms with van der Waals surface area (Å²) in [5, 5.41) is 1.03. The van der Waals surface area contributed by atoms with Crippen molar-refractivity contribution in [2.75, 3.05) is 0 Å². The Balaban J connectivity index is 2.54. The Morgan fingerprint density at radius 3 is 2.59 bits per heavy atom. The van der Waals surface area contributed by atoms with Gasteiger partial charge in [0.2, 0.25) is 0 Å². The number of unbranched alkanes of at least 4 members (excludes halogenated alkanes) is 1. The van der Waals surface area contributed by atoms with Crippen molar-refractivity contribution in [2.45, 2.75) is 51.3 Å². The van der Waals surface area contributed by atoms with E-state index in [-0.39, 0.29) is 5.38 Å². The fourth-order valence-corrected chi connectivity index (χ4v) is 2.86. The normalized spacial score (nSPS) is 14.6. The molecule has 0 amide bonds. The molecule has 1 aromatic rings. The second-order valence-corrected chi connectivity index (χ2v) is 5.66. The van der Waals surface area contributed by atoms with E-state index >= 15 is 0 Å². The van der Waals surface area contributed by atoms with Gasteiger partial charge < -0.3 is 0 Å². The molecule has 0 heterocycles. The average Bonchev–Trinajstić information content (AvgIpc) is 2.30. The van der Waals surface area contributed by atoms with E-state index in [2.05, 4.69) is 19.9 Å². The molecule has 0 N–H and O–H groups in total. The van der Waals surface area contributed by atoms with E-state index in [0.29, 0.717) is 5.92 Å². The Kier molecular flexibility index (Phi) is 6.99. The molecule has 0 saturated heterocycles. The van der Waals surface area contributed by atoms with Gasteiger partial charge in [0.15, 0.2) is 0 Å². The summed E-state index contributed by atoms with van der Waals surface area (Å²) in [6, 6.07) is 8.02. The van der Waals surface area contributed by atoms with E-state index in [1.165, 1.54) is 24.8 Å². The number of hydrogen-bond donors (Lipinski definition) is 0. The van der Waals surface area contributed by atoms with Gasteiger partial charge in [0, 0.05) is 10.4 Å². The average molecular weight is 273 g/mol. The van der Waals surface area contributed by atoms with Gasteiger partial charge in [-0.1, -0.05) is 56.8 Å². The summed E-state index contributed by atoms with van der Waals surface area (Å²) in [7, 11) is 0. The zero-order valence-electron chi connectivity index (χ0n) is 10.8. The van der Waals surface area contributed by atoms with Crippen LogP contribution in [0.3, 0.4) is 0 Å². The highest BCUT2D eigenvalue weighted by Gasteiger charge is 2.17. The first kappa shape index (κ1) is 14.9. The molecule has 0 fully saturated rings. The van der Waals surface area contributed by atoms with Gasteiger partial charge in [-0.25, -0.2) is 0 Å². The van der Waals surface area contributed by atoms with Crippen LogP contribution in [0.4, 0.5) is 0 Å². The minimum atomic E-state index is 0.227. The molecule has 0 aromatic heterocycles. The zero-order valence-corrected chi connectivity index (χ0v) is 12.3. The van der Waals surface area contributed by atoms with E-state index in [9.17, 15) is 0 Å². The van der Waals surface area contributed by atoms with Crippen LogP contribution < -0.4 is 0 Å². The SMILES string of the molecule is CCCCC(CC)C(Cl)Cc1cccc(Cl)c1. The number of hydrogen-bond acceptors (Lipinski definition) is 0. The standard InChI is InChI=1S/C15H22Cl2/c1-3-5-8-13(4-2)15(17)11-12-7-6-9-14(16)10-12/h6-7,9-10,13,15H,3-5,8,11H2,1-2H3. The van der Waals surface area contributed by atoms with E-state index < -0.39 is 0 Å².